The minimum absolute atomic E-state index is 0.0114. The van der Waals surface area contributed by atoms with Crippen LogP contribution in [0, 0.1) is 0 Å². The molecule has 1 aromatic rings. The molecular weight excluding hydrogens is 164 g/mol. The van der Waals surface area contributed by atoms with E-state index in [4.69, 9.17) is 10.8 Å². The molecule has 13 heavy (non-hydrogen) atoms. The first kappa shape index (κ1) is 10.2. The maximum Gasteiger partial charge on any atom is 0.0932 e. The fraction of sp³-hybridized carbons (Fsp3) is 0.400. The first-order valence-electron chi connectivity index (χ1n) is 4.44. The van der Waals surface area contributed by atoms with Crippen molar-refractivity contribution in [1.82, 2.24) is 5.32 Å². The summed E-state index contributed by atoms with van der Waals surface area (Å²) in [4.78, 5) is 0. The van der Waals surface area contributed by atoms with Crippen molar-refractivity contribution >= 4 is 0 Å². The van der Waals surface area contributed by atoms with Gasteiger partial charge in [0.05, 0.1) is 6.73 Å². The number of nitrogens with two attached hydrogens (primary N) is 1. The summed E-state index contributed by atoms with van der Waals surface area (Å²) in [5.74, 6) is 0. The van der Waals surface area contributed by atoms with Crippen molar-refractivity contribution in [3.8, 4) is 0 Å². The molecule has 0 spiro atoms. The van der Waals surface area contributed by atoms with Gasteiger partial charge in [0.25, 0.3) is 0 Å². The van der Waals surface area contributed by atoms with Crippen molar-refractivity contribution in [2.45, 2.75) is 12.5 Å². The summed E-state index contributed by atoms with van der Waals surface area (Å²) < 4.78 is 0. The van der Waals surface area contributed by atoms with E-state index in [2.05, 4.69) is 17.4 Å². The molecule has 3 nitrogen and oxygen atoms in total. The summed E-state index contributed by atoms with van der Waals surface area (Å²) in [6.45, 7) is 0.633. The zero-order chi connectivity index (χ0) is 9.52. The van der Waals surface area contributed by atoms with Crippen LogP contribution >= 0.6 is 0 Å². The Kier molecular flexibility index (Phi) is 4.46. The summed E-state index contributed by atoms with van der Waals surface area (Å²) >= 11 is 0. The van der Waals surface area contributed by atoms with Crippen LogP contribution < -0.4 is 11.1 Å². The second kappa shape index (κ2) is 5.70. The maximum absolute atomic E-state index is 8.51. The fourth-order valence-electron chi connectivity index (χ4n) is 1.24. The molecule has 0 saturated heterocycles. The van der Waals surface area contributed by atoms with Crippen molar-refractivity contribution in [2.24, 2.45) is 5.73 Å². The Labute approximate surface area is 78.6 Å². The molecular formula is C10H16N2O. The molecule has 0 bridgehead atoms. The quantitative estimate of drug-likeness (QED) is 0.563. The summed E-state index contributed by atoms with van der Waals surface area (Å²) in [7, 11) is 0. The van der Waals surface area contributed by atoms with E-state index in [0.29, 0.717) is 6.54 Å². The van der Waals surface area contributed by atoms with Gasteiger partial charge in [-0.1, -0.05) is 30.3 Å². The zero-order valence-corrected chi connectivity index (χ0v) is 7.61. The van der Waals surface area contributed by atoms with Crippen molar-refractivity contribution in [1.29, 1.82) is 0 Å². The van der Waals surface area contributed by atoms with Crippen LogP contribution in [0.2, 0.25) is 0 Å². The second-order valence-corrected chi connectivity index (χ2v) is 3.06. The molecule has 1 atom stereocenters. The number of nitrogens with one attached hydrogen (secondary N) is 1. The highest BCUT2D eigenvalue weighted by molar-refractivity contribution is 5.15. The average molecular weight is 180 g/mol. The minimum Gasteiger partial charge on any atom is -0.381 e. The van der Waals surface area contributed by atoms with Gasteiger partial charge in [-0.3, -0.25) is 5.32 Å². The Morgan fingerprint density at radius 1 is 1.31 bits per heavy atom. The molecule has 0 aliphatic heterocycles. The summed E-state index contributed by atoms with van der Waals surface area (Å²) in [5.41, 5.74) is 7.05. The van der Waals surface area contributed by atoms with Crippen LogP contribution in [0.1, 0.15) is 5.56 Å². The molecule has 0 aliphatic rings. The lowest BCUT2D eigenvalue weighted by Crippen LogP contribution is -2.35. The topological polar surface area (TPSA) is 58.3 Å². The van der Waals surface area contributed by atoms with E-state index in [1.807, 2.05) is 18.2 Å². The number of hydrogen-bond donors (Lipinski definition) is 3. The van der Waals surface area contributed by atoms with Crippen LogP contribution in [0.25, 0.3) is 0 Å². The molecule has 0 saturated carbocycles. The van der Waals surface area contributed by atoms with E-state index >= 15 is 0 Å². The molecule has 72 valence electrons. The zero-order valence-electron chi connectivity index (χ0n) is 7.61. The lowest BCUT2D eigenvalue weighted by atomic mass is 10.1. The smallest absolute Gasteiger partial charge is 0.0932 e. The standard InChI is InChI=1S/C10H16N2O/c11-10(7-12-8-13)6-9-4-2-1-3-5-9/h1-5,10,12-13H,6-8,11H2. The van der Waals surface area contributed by atoms with Gasteiger partial charge in [0.1, 0.15) is 0 Å². The number of rotatable bonds is 5. The van der Waals surface area contributed by atoms with E-state index in [1.54, 1.807) is 0 Å². The number of aliphatic hydroxyl groups excluding tert-OH is 1. The predicted octanol–water partition coefficient (Wildman–Crippen LogP) is 0.0958. The van der Waals surface area contributed by atoms with Gasteiger partial charge in [-0.05, 0) is 12.0 Å². The SMILES string of the molecule is NC(CNCO)Cc1ccccc1. The molecule has 0 heterocycles. The van der Waals surface area contributed by atoms with Crippen LogP contribution in [0.4, 0.5) is 0 Å². The third kappa shape index (κ3) is 4.03. The van der Waals surface area contributed by atoms with Crippen LogP contribution in [0.15, 0.2) is 30.3 Å². The van der Waals surface area contributed by atoms with Gasteiger partial charge in [-0.2, -0.15) is 0 Å². The monoisotopic (exact) mass is 180 g/mol. The highest BCUT2D eigenvalue weighted by atomic mass is 16.3. The van der Waals surface area contributed by atoms with Crippen LogP contribution in [-0.2, 0) is 6.42 Å². The number of aliphatic hydroxyl groups is 1. The van der Waals surface area contributed by atoms with Gasteiger partial charge in [0.15, 0.2) is 0 Å². The molecule has 0 fully saturated rings. The third-order valence-corrected chi connectivity index (χ3v) is 1.86. The Bertz CT molecular complexity index is 226. The van der Waals surface area contributed by atoms with E-state index in [1.165, 1.54) is 5.56 Å². The van der Waals surface area contributed by atoms with E-state index in [-0.39, 0.29) is 12.8 Å². The molecule has 3 heteroatoms. The molecule has 1 unspecified atom stereocenters. The maximum atomic E-state index is 8.51. The van der Waals surface area contributed by atoms with Crippen molar-refractivity contribution in [3.63, 3.8) is 0 Å². The molecule has 0 aromatic heterocycles. The fourth-order valence-corrected chi connectivity index (χ4v) is 1.24. The van der Waals surface area contributed by atoms with Gasteiger partial charge >= 0.3 is 0 Å². The molecule has 1 aromatic carbocycles. The van der Waals surface area contributed by atoms with Crippen LogP contribution in [0.3, 0.4) is 0 Å². The number of benzene rings is 1. The summed E-state index contributed by atoms with van der Waals surface area (Å²) in [5, 5.41) is 11.3. The Morgan fingerprint density at radius 3 is 2.62 bits per heavy atom. The number of hydrogen-bond acceptors (Lipinski definition) is 3. The first-order valence-corrected chi connectivity index (χ1v) is 4.44. The largest absolute Gasteiger partial charge is 0.381 e. The average Bonchev–Trinajstić information content (AvgIpc) is 2.16. The van der Waals surface area contributed by atoms with Gasteiger partial charge in [0, 0.05) is 12.6 Å². The molecule has 0 radical (unpaired) electrons. The van der Waals surface area contributed by atoms with E-state index in [0.717, 1.165) is 6.42 Å². The molecule has 4 N–H and O–H groups in total. The highest BCUT2D eigenvalue weighted by Gasteiger charge is 2.01. The lowest BCUT2D eigenvalue weighted by molar-refractivity contribution is 0.257. The molecule has 1 rings (SSSR count). The van der Waals surface area contributed by atoms with E-state index < -0.39 is 0 Å². The normalized spacial score (nSPS) is 12.8. The predicted molar refractivity (Wildman–Crippen MR) is 53.2 cm³/mol. The van der Waals surface area contributed by atoms with Gasteiger partial charge in [-0.15, -0.1) is 0 Å². The minimum atomic E-state index is -0.0114. The summed E-state index contributed by atoms with van der Waals surface area (Å²) in [6.07, 6.45) is 0.841. The highest BCUT2D eigenvalue weighted by Crippen LogP contribution is 2.00. The molecule has 0 aliphatic carbocycles. The van der Waals surface area contributed by atoms with Crippen LogP contribution in [0.5, 0.6) is 0 Å². The van der Waals surface area contributed by atoms with Gasteiger partial charge in [-0.25, -0.2) is 0 Å². The molecule has 0 amide bonds. The van der Waals surface area contributed by atoms with Gasteiger partial charge in [0.2, 0.25) is 0 Å². The van der Waals surface area contributed by atoms with Gasteiger partial charge < -0.3 is 10.8 Å². The Morgan fingerprint density at radius 2 is 2.00 bits per heavy atom. The summed E-state index contributed by atoms with van der Waals surface area (Å²) in [6, 6.07) is 10.2. The lowest BCUT2D eigenvalue weighted by Gasteiger charge is -2.11. The third-order valence-electron chi connectivity index (χ3n) is 1.86. The van der Waals surface area contributed by atoms with Crippen molar-refractivity contribution < 1.29 is 5.11 Å². The second-order valence-electron chi connectivity index (χ2n) is 3.06. The van der Waals surface area contributed by atoms with E-state index in [9.17, 15) is 0 Å². The Balaban J connectivity index is 2.32. The van der Waals surface area contributed by atoms with Crippen molar-refractivity contribution in [3.05, 3.63) is 35.9 Å². The van der Waals surface area contributed by atoms with Crippen LogP contribution in [-0.4, -0.2) is 24.4 Å². The first-order chi connectivity index (χ1) is 6.33. The Hall–Kier alpha value is -0.900. The van der Waals surface area contributed by atoms with Crippen molar-refractivity contribution in [2.75, 3.05) is 13.3 Å².